The van der Waals surface area contributed by atoms with Gasteiger partial charge in [-0.3, -0.25) is 21.7 Å². The molecule has 2 atom stereocenters. The molecule has 5 fully saturated rings. The van der Waals surface area contributed by atoms with E-state index in [1.165, 1.54) is 25.7 Å². The van der Waals surface area contributed by atoms with Gasteiger partial charge in [0.1, 0.15) is 0 Å². The molecule has 0 bridgehead atoms. The predicted molar refractivity (Wildman–Crippen MR) is 161 cm³/mol. The first kappa shape index (κ1) is 31.0. The molecule has 4 heterocycles. The zero-order chi connectivity index (χ0) is 27.6. The van der Waals surface area contributed by atoms with Gasteiger partial charge in [-0.25, -0.2) is 20.0 Å². The van der Waals surface area contributed by atoms with Crippen LogP contribution in [-0.2, 0) is 0 Å². The molecule has 4 saturated heterocycles. The highest BCUT2D eigenvalue weighted by atomic mass is 16.3. The third-order valence-electron chi connectivity index (χ3n) is 9.87. The van der Waals surface area contributed by atoms with E-state index in [-0.39, 0.29) is 6.10 Å². The van der Waals surface area contributed by atoms with Crippen molar-refractivity contribution in [2.75, 3.05) is 118 Å². The Kier molecular flexibility index (Phi) is 12.7. The van der Waals surface area contributed by atoms with Crippen LogP contribution in [0.25, 0.3) is 0 Å². The van der Waals surface area contributed by atoms with Crippen LogP contribution in [0.4, 0.5) is 0 Å². The molecule has 0 amide bonds. The van der Waals surface area contributed by atoms with Gasteiger partial charge in [0.25, 0.3) is 0 Å². The Balaban J connectivity index is 1.16. The first-order valence-corrected chi connectivity index (χ1v) is 16.7. The van der Waals surface area contributed by atoms with Gasteiger partial charge in [0.05, 0.1) is 6.10 Å². The maximum atomic E-state index is 11.8. The summed E-state index contributed by atoms with van der Waals surface area (Å²) in [5.41, 5.74) is 14.1. The first-order chi connectivity index (χ1) is 19.6. The molecule has 0 aromatic rings. The number of hydrazine groups is 4. The average Bonchev–Trinajstić information content (AvgIpc) is 3.78. The van der Waals surface area contributed by atoms with Crippen molar-refractivity contribution in [1.82, 2.24) is 51.5 Å². The van der Waals surface area contributed by atoms with Crippen LogP contribution in [0, 0.1) is 17.8 Å². The van der Waals surface area contributed by atoms with Crippen molar-refractivity contribution in [2.24, 2.45) is 17.8 Å². The summed E-state index contributed by atoms with van der Waals surface area (Å²) in [6.45, 7) is 22.0. The van der Waals surface area contributed by atoms with Gasteiger partial charge in [-0.1, -0.05) is 6.92 Å². The van der Waals surface area contributed by atoms with E-state index < -0.39 is 0 Å². The number of nitrogens with one attached hydrogen (secondary N) is 4. The number of hydrogen-bond acceptors (Lipinski definition) is 11. The fourth-order valence-corrected chi connectivity index (χ4v) is 7.57. The van der Waals surface area contributed by atoms with Gasteiger partial charge < -0.3 is 14.9 Å². The molecule has 0 spiro atoms. The monoisotopic (exact) mass is 564 g/mol. The summed E-state index contributed by atoms with van der Waals surface area (Å²) in [7, 11) is 0. The molecular weight excluding hydrogens is 504 g/mol. The second-order valence-electron chi connectivity index (χ2n) is 13.2. The summed E-state index contributed by atoms with van der Waals surface area (Å²) in [4.78, 5) is 5.30. The third kappa shape index (κ3) is 9.80. The molecule has 0 radical (unpaired) electrons. The van der Waals surface area contributed by atoms with Crippen molar-refractivity contribution in [1.29, 1.82) is 0 Å². The summed E-state index contributed by atoms with van der Waals surface area (Å²) in [5.74, 6) is 1.38. The van der Waals surface area contributed by atoms with Gasteiger partial charge in [-0.05, 0) is 56.3 Å². The third-order valence-corrected chi connectivity index (χ3v) is 9.87. The van der Waals surface area contributed by atoms with Gasteiger partial charge in [0.15, 0.2) is 0 Å². The maximum Gasteiger partial charge on any atom is 0.0621 e. The first-order valence-electron chi connectivity index (χ1n) is 16.7. The summed E-state index contributed by atoms with van der Waals surface area (Å²) in [6, 6.07) is 0. The van der Waals surface area contributed by atoms with E-state index in [1.54, 1.807) is 0 Å². The van der Waals surface area contributed by atoms with E-state index in [0.717, 1.165) is 131 Å². The predicted octanol–water partition coefficient (Wildman–Crippen LogP) is -0.545. The Hall–Kier alpha value is -0.440. The molecule has 0 aromatic heterocycles. The summed E-state index contributed by atoms with van der Waals surface area (Å²) >= 11 is 0. The zero-order valence-electron chi connectivity index (χ0n) is 25.4. The number of nitrogens with zero attached hydrogens (tertiary/aromatic N) is 6. The highest BCUT2D eigenvalue weighted by Crippen LogP contribution is 2.35. The van der Waals surface area contributed by atoms with Crippen LogP contribution in [-0.4, -0.2) is 159 Å². The molecular formula is C29H60N10O. The Bertz CT molecular complexity index is 598. The molecule has 2 unspecified atom stereocenters. The van der Waals surface area contributed by atoms with Crippen molar-refractivity contribution in [3.05, 3.63) is 0 Å². The smallest absolute Gasteiger partial charge is 0.0621 e. The van der Waals surface area contributed by atoms with Crippen LogP contribution in [0.2, 0.25) is 0 Å². The lowest BCUT2D eigenvalue weighted by molar-refractivity contribution is -0.0304. The van der Waals surface area contributed by atoms with Crippen molar-refractivity contribution in [3.8, 4) is 0 Å². The minimum absolute atomic E-state index is 0.217. The van der Waals surface area contributed by atoms with E-state index in [0.29, 0.717) is 17.8 Å². The van der Waals surface area contributed by atoms with Crippen molar-refractivity contribution in [3.63, 3.8) is 0 Å². The molecule has 5 aliphatic rings. The Labute approximate surface area is 243 Å². The van der Waals surface area contributed by atoms with Crippen LogP contribution >= 0.6 is 0 Å². The quantitative estimate of drug-likeness (QED) is 0.168. The molecule has 1 saturated carbocycles. The second-order valence-corrected chi connectivity index (χ2v) is 13.2. The lowest BCUT2D eigenvalue weighted by atomic mass is 9.73. The Morgan fingerprint density at radius 1 is 0.575 bits per heavy atom. The minimum atomic E-state index is -0.217. The van der Waals surface area contributed by atoms with Gasteiger partial charge in [-0.15, -0.1) is 0 Å². The van der Waals surface area contributed by atoms with Crippen LogP contribution in [0.1, 0.15) is 45.4 Å². The Morgan fingerprint density at radius 3 is 1.18 bits per heavy atom. The summed E-state index contributed by atoms with van der Waals surface area (Å²) < 4.78 is 0. The highest BCUT2D eigenvalue weighted by molar-refractivity contribution is 4.89. The minimum Gasteiger partial charge on any atom is -0.392 e. The second kappa shape index (κ2) is 16.4. The van der Waals surface area contributed by atoms with Crippen molar-refractivity contribution >= 4 is 0 Å². The van der Waals surface area contributed by atoms with E-state index in [2.05, 4.69) is 58.5 Å². The largest absolute Gasteiger partial charge is 0.392 e. The number of hydrogen-bond donors (Lipinski definition) is 5. The molecule has 40 heavy (non-hydrogen) atoms. The van der Waals surface area contributed by atoms with E-state index in [1.807, 2.05) is 0 Å². The standard InChI is InChI=1S/C29H60N10O/c1-26-22-27(24-34(14-18-36-10-2-6-30-36)15-19-37-11-3-7-31-37)29(40)28(23-26)25-35(16-20-38-12-4-8-32-38)17-21-39-13-5-9-33-39/h26-33,40H,2-25H2,1H3. The van der Waals surface area contributed by atoms with Gasteiger partial charge >= 0.3 is 0 Å². The van der Waals surface area contributed by atoms with E-state index >= 15 is 0 Å². The molecule has 232 valence electrons. The van der Waals surface area contributed by atoms with Crippen molar-refractivity contribution in [2.45, 2.75) is 51.6 Å². The van der Waals surface area contributed by atoms with Crippen LogP contribution in [0.5, 0.6) is 0 Å². The number of aliphatic hydroxyl groups excluding tert-OH is 1. The molecule has 1 aliphatic carbocycles. The van der Waals surface area contributed by atoms with Crippen LogP contribution in [0.3, 0.4) is 0 Å². The number of rotatable bonds is 16. The molecule has 0 aromatic carbocycles. The average molecular weight is 565 g/mol. The molecule has 5 N–H and O–H groups in total. The molecule has 11 nitrogen and oxygen atoms in total. The number of aliphatic hydroxyl groups is 1. The Morgan fingerprint density at radius 2 is 0.900 bits per heavy atom. The van der Waals surface area contributed by atoms with Crippen LogP contribution < -0.4 is 21.7 Å². The topological polar surface area (TPSA) is 87.8 Å². The highest BCUT2D eigenvalue weighted by Gasteiger charge is 2.37. The molecule has 11 heteroatoms. The summed E-state index contributed by atoms with van der Waals surface area (Å²) in [5, 5.41) is 21.4. The van der Waals surface area contributed by atoms with Crippen LogP contribution in [0.15, 0.2) is 0 Å². The molecule has 5 rings (SSSR count). The zero-order valence-corrected chi connectivity index (χ0v) is 25.4. The van der Waals surface area contributed by atoms with Gasteiger partial charge in [0, 0.05) is 118 Å². The normalized spacial score (nSPS) is 31.5. The van der Waals surface area contributed by atoms with Gasteiger partial charge in [0.2, 0.25) is 0 Å². The maximum absolute atomic E-state index is 11.8. The lowest BCUT2D eigenvalue weighted by Gasteiger charge is -2.42. The van der Waals surface area contributed by atoms with Gasteiger partial charge in [-0.2, -0.15) is 0 Å². The SMILES string of the molecule is CC1CC(CN(CCN2CCCN2)CCN2CCCN2)C(O)C(CN(CCN2CCCN2)CCN2CCCN2)C1. The molecule has 4 aliphatic heterocycles. The van der Waals surface area contributed by atoms with E-state index in [9.17, 15) is 5.11 Å². The lowest BCUT2D eigenvalue weighted by Crippen LogP contribution is -2.51. The fraction of sp³-hybridized carbons (Fsp3) is 1.00. The fourth-order valence-electron chi connectivity index (χ4n) is 7.57. The van der Waals surface area contributed by atoms with Crippen molar-refractivity contribution < 1.29 is 5.11 Å². The van der Waals surface area contributed by atoms with E-state index in [4.69, 9.17) is 0 Å². The summed E-state index contributed by atoms with van der Waals surface area (Å²) in [6.07, 6.45) is 7.06.